The Morgan fingerprint density at radius 3 is 2.62 bits per heavy atom. The normalized spacial score (nSPS) is 10.4. The van der Waals surface area contributed by atoms with E-state index in [2.05, 4.69) is 10.2 Å². The van der Waals surface area contributed by atoms with Crippen LogP contribution >= 0.6 is 0 Å². The van der Waals surface area contributed by atoms with Gasteiger partial charge in [0, 0.05) is 18.8 Å². The molecule has 0 spiro atoms. The number of likely N-dealkylation sites (N-methyl/N-ethyl adjacent to an activating group) is 1. The van der Waals surface area contributed by atoms with Crippen LogP contribution in [0.15, 0.2) is 36.4 Å². The fourth-order valence-electron chi connectivity index (χ4n) is 2.34. The number of nitrogens with zero attached hydrogens (tertiary/aromatic N) is 2. The number of hydrogen-bond acceptors (Lipinski definition) is 4. The maximum Gasteiger partial charge on any atom is 0.359 e. The van der Waals surface area contributed by atoms with Gasteiger partial charge in [0.15, 0.2) is 12.3 Å². The second-order valence-electron chi connectivity index (χ2n) is 5.50. The standard InChI is InChI=1S/C18H23N3O3/c1-3-8-15-11-16(20-19-15)18(23)24-13-17(22)21(4-2)12-14-9-6-5-7-10-14/h5-7,9-11H,3-4,8,12-13H2,1-2H3,(H,19,20). The molecule has 1 N–H and O–H groups in total. The monoisotopic (exact) mass is 329 g/mol. The molecule has 6 heteroatoms. The van der Waals surface area contributed by atoms with Crippen molar-refractivity contribution in [2.45, 2.75) is 33.2 Å². The van der Waals surface area contributed by atoms with Crippen LogP contribution in [-0.2, 0) is 22.5 Å². The lowest BCUT2D eigenvalue weighted by Gasteiger charge is -2.20. The predicted molar refractivity (Wildman–Crippen MR) is 90.4 cm³/mol. The van der Waals surface area contributed by atoms with Gasteiger partial charge < -0.3 is 9.64 Å². The van der Waals surface area contributed by atoms with Crippen molar-refractivity contribution in [3.05, 3.63) is 53.3 Å². The summed E-state index contributed by atoms with van der Waals surface area (Å²) in [7, 11) is 0. The van der Waals surface area contributed by atoms with Crippen LogP contribution in [0.4, 0.5) is 0 Å². The van der Waals surface area contributed by atoms with Crippen molar-refractivity contribution in [3.8, 4) is 0 Å². The van der Waals surface area contributed by atoms with Crippen molar-refractivity contribution >= 4 is 11.9 Å². The van der Waals surface area contributed by atoms with Crippen molar-refractivity contribution in [1.29, 1.82) is 0 Å². The minimum atomic E-state index is -0.585. The van der Waals surface area contributed by atoms with E-state index in [4.69, 9.17) is 4.74 Å². The minimum Gasteiger partial charge on any atom is -0.451 e. The number of benzene rings is 1. The van der Waals surface area contributed by atoms with Gasteiger partial charge in [-0.1, -0.05) is 43.7 Å². The van der Waals surface area contributed by atoms with E-state index in [1.165, 1.54) is 0 Å². The summed E-state index contributed by atoms with van der Waals surface area (Å²) >= 11 is 0. The zero-order valence-corrected chi connectivity index (χ0v) is 14.1. The first-order valence-corrected chi connectivity index (χ1v) is 8.17. The van der Waals surface area contributed by atoms with Crippen LogP contribution in [0.2, 0.25) is 0 Å². The van der Waals surface area contributed by atoms with E-state index in [-0.39, 0.29) is 18.2 Å². The molecule has 0 aliphatic heterocycles. The average Bonchev–Trinajstić information content (AvgIpc) is 3.07. The van der Waals surface area contributed by atoms with Gasteiger partial charge in [0.05, 0.1) is 0 Å². The molecule has 1 amide bonds. The summed E-state index contributed by atoms with van der Waals surface area (Å²) in [4.78, 5) is 25.9. The topological polar surface area (TPSA) is 75.3 Å². The number of amides is 1. The van der Waals surface area contributed by atoms with Crippen molar-refractivity contribution in [1.82, 2.24) is 15.1 Å². The summed E-state index contributed by atoms with van der Waals surface area (Å²) in [5.74, 6) is -0.809. The molecule has 128 valence electrons. The van der Waals surface area contributed by atoms with Crippen molar-refractivity contribution < 1.29 is 14.3 Å². The Morgan fingerprint density at radius 1 is 1.21 bits per heavy atom. The molecular weight excluding hydrogens is 306 g/mol. The lowest BCUT2D eigenvalue weighted by Crippen LogP contribution is -2.34. The van der Waals surface area contributed by atoms with Gasteiger partial charge in [-0.15, -0.1) is 0 Å². The molecule has 0 saturated carbocycles. The highest BCUT2D eigenvalue weighted by Crippen LogP contribution is 2.07. The van der Waals surface area contributed by atoms with Gasteiger partial charge >= 0.3 is 5.97 Å². The molecule has 6 nitrogen and oxygen atoms in total. The number of H-pyrrole nitrogens is 1. The summed E-state index contributed by atoms with van der Waals surface area (Å²) in [6.45, 7) is 4.71. The Hall–Kier alpha value is -2.63. The van der Waals surface area contributed by atoms with Gasteiger partial charge in [-0.05, 0) is 25.0 Å². The first kappa shape index (κ1) is 17.7. The van der Waals surface area contributed by atoms with E-state index in [1.807, 2.05) is 44.2 Å². The smallest absolute Gasteiger partial charge is 0.359 e. The molecule has 1 aromatic carbocycles. The number of nitrogens with one attached hydrogen (secondary N) is 1. The molecule has 0 bridgehead atoms. The number of hydrogen-bond donors (Lipinski definition) is 1. The van der Waals surface area contributed by atoms with Crippen LogP contribution in [0.1, 0.15) is 42.0 Å². The number of carbonyl (C=O) groups is 2. The van der Waals surface area contributed by atoms with Gasteiger partial charge in [0.25, 0.3) is 5.91 Å². The number of carbonyl (C=O) groups excluding carboxylic acids is 2. The summed E-state index contributed by atoms with van der Waals surface area (Å²) in [6.07, 6.45) is 1.78. The van der Waals surface area contributed by atoms with E-state index in [0.29, 0.717) is 13.1 Å². The molecule has 2 aromatic rings. The highest BCUT2D eigenvalue weighted by molar-refractivity contribution is 5.89. The molecule has 0 atom stereocenters. The molecule has 1 aromatic heterocycles. The van der Waals surface area contributed by atoms with Crippen LogP contribution < -0.4 is 0 Å². The average molecular weight is 329 g/mol. The van der Waals surface area contributed by atoms with E-state index in [0.717, 1.165) is 24.1 Å². The zero-order valence-electron chi connectivity index (χ0n) is 14.1. The second-order valence-corrected chi connectivity index (χ2v) is 5.50. The van der Waals surface area contributed by atoms with Gasteiger partial charge in [0.1, 0.15) is 0 Å². The maximum atomic E-state index is 12.2. The number of rotatable bonds is 8. The Labute approximate surface area is 141 Å². The molecule has 24 heavy (non-hydrogen) atoms. The quantitative estimate of drug-likeness (QED) is 0.755. The molecule has 1 heterocycles. The SMILES string of the molecule is CCCc1cc(C(=O)OCC(=O)N(CC)Cc2ccccc2)n[nH]1. The van der Waals surface area contributed by atoms with Crippen LogP contribution in [0.3, 0.4) is 0 Å². The van der Waals surface area contributed by atoms with E-state index in [1.54, 1.807) is 11.0 Å². The largest absolute Gasteiger partial charge is 0.451 e. The third kappa shape index (κ3) is 4.94. The zero-order chi connectivity index (χ0) is 17.4. The van der Waals surface area contributed by atoms with E-state index >= 15 is 0 Å². The van der Waals surface area contributed by atoms with Crippen LogP contribution in [0, 0.1) is 0 Å². The number of ether oxygens (including phenoxy) is 1. The first-order chi connectivity index (χ1) is 11.6. The number of esters is 1. The second kappa shape index (κ2) is 8.86. The number of aryl methyl sites for hydroxylation is 1. The molecule has 0 unspecified atom stereocenters. The van der Waals surface area contributed by atoms with Crippen LogP contribution in [0.5, 0.6) is 0 Å². The van der Waals surface area contributed by atoms with Gasteiger partial charge in [-0.3, -0.25) is 9.89 Å². The Morgan fingerprint density at radius 2 is 1.96 bits per heavy atom. The first-order valence-electron chi connectivity index (χ1n) is 8.17. The Balaban J connectivity index is 1.87. The van der Waals surface area contributed by atoms with Crippen LogP contribution in [-0.4, -0.2) is 40.1 Å². The molecule has 0 aliphatic rings. The predicted octanol–water partition coefficient (Wildman–Crippen LogP) is 2.57. The lowest BCUT2D eigenvalue weighted by molar-refractivity contribution is -0.134. The summed E-state index contributed by atoms with van der Waals surface area (Å²) in [5.41, 5.74) is 2.13. The van der Waals surface area contributed by atoms with Gasteiger partial charge in [0.2, 0.25) is 0 Å². The Kier molecular flexibility index (Phi) is 6.54. The summed E-state index contributed by atoms with van der Waals surface area (Å²) in [5, 5.41) is 6.72. The van der Waals surface area contributed by atoms with Gasteiger partial charge in [-0.2, -0.15) is 5.10 Å². The molecule has 0 saturated heterocycles. The van der Waals surface area contributed by atoms with Crippen LogP contribution in [0.25, 0.3) is 0 Å². The Bertz CT molecular complexity index is 667. The fraction of sp³-hybridized carbons (Fsp3) is 0.389. The molecule has 0 aliphatic carbocycles. The summed E-state index contributed by atoms with van der Waals surface area (Å²) < 4.78 is 5.09. The summed E-state index contributed by atoms with van der Waals surface area (Å²) in [6, 6.07) is 11.4. The highest BCUT2D eigenvalue weighted by atomic mass is 16.5. The number of aromatic amines is 1. The molecular formula is C18H23N3O3. The third-order valence-corrected chi connectivity index (χ3v) is 3.64. The number of aromatic nitrogens is 2. The highest BCUT2D eigenvalue weighted by Gasteiger charge is 2.17. The molecule has 0 radical (unpaired) electrons. The van der Waals surface area contributed by atoms with Gasteiger partial charge in [-0.25, -0.2) is 4.79 Å². The van der Waals surface area contributed by atoms with Crippen molar-refractivity contribution in [2.75, 3.05) is 13.2 Å². The third-order valence-electron chi connectivity index (χ3n) is 3.64. The minimum absolute atomic E-state index is 0.206. The molecule has 2 rings (SSSR count). The van der Waals surface area contributed by atoms with Crippen molar-refractivity contribution in [3.63, 3.8) is 0 Å². The maximum absolute atomic E-state index is 12.2. The fourth-order valence-corrected chi connectivity index (χ4v) is 2.34. The van der Waals surface area contributed by atoms with E-state index < -0.39 is 5.97 Å². The molecule has 0 fully saturated rings. The van der Waals surface area contributed by atoms with Crippen molar-refractivity contribution in [2.24, 2.45) is 0 Å². The lowest BCUT2D eigenvalue weighted by atomic mass is 10.2. The van der Waals surface area contributed by atoms with E-state index in [9.17, 15) is 9.59 Å².